The van der Waals surface area contributed by atoms with E-state index in [1.807, 2.05) is 50.2 Å². The highest BCUT2D eigenvalue weighted by molar-refractivity contribution is 5.91. The smallest absolute Gasteiger partial charge is 0.343 e. The molecule has 7 nitrogen and oxygen atoms in total. The summed E-state index contributed by atoms with van der Waals surface area (Å²) in [6, 6.07) is 29.8. The maximum absolute atomic E-state index is 12.8. The number of benzene rings is 4. The Bertz CT molecular complexity index is 1600. The van der Waals surface area contributed by atoms with E-state index in [9.17, 15) is 10.1 Å². The van der Waals surface area contributed by atoms with Gasteiger partial charge in [-0.2, -0.15) is 5.26 Å². The van der Waals surface area contributed by atoms with Crippen LogP contribution in [-0.2, 0) is 6.61 Å². The number of nitrogens with zero attached hydrogens (tertiary/aromatic N) is 1. The van der Waals surface area contributed by atoms with Gasteiger partial charge < -0.3 is 24.7 Å². The molecule has 0 aromatic heterocycles. The Morgan fingerprint density at radius 1 is 0.925 bits per heavy atom. The van der Waals surface area contributed by atoms with Crippen molar-refractivity contribution in [1.82, 2.24) is 0 Å². The Morgan fingerprint density at radius 2 is 1.68 bits per heavy atom. The maximum Gasteiger partial charge on any atom is 0.343 e. The fourth-order valence-electron chi connectivity index (χ4n) is 4.50. The minimum atomic E-state index is -0.531. The van der Waals surface area contributed by atoms with Crippen molar-refractivity contribution in [3.05, 3.63) is 130 Å². The van der Waals surface area contributed by atoms with Crippen molar-refractivity contribution >= 4 is 5.97 Å². The lowest BCUT2D eigenvalue weighted by atomic mass is 9.83. The fourth-order valence-corrected chi connectivity index (χ4v) is 4.50. The summed E-state index contributed by atoms with van der Waals surface area (Å²) in [5, 5.41) is 9.89. The van der Waals surface area contributed by atoms with Crippen molar-refractivity contribution in [3.8, 4) is 29.1 Å². The normalized spacial score (nSPS) is 14.0. The molecule has 1 aliphatic rings. The van der Waals surface area contributed by atoms with Gasteiger partial charge in [-0.25, -0.2) is 4.79 Å². The molecular formula is C33H28N2O5. The Kier molecular flexibility index (Phi) is 7.70. The van der Waals surface area contributed by atoms with Crippen LogP contribution in [0.15, 0.2) is 102 Å². The molecule has 1 atom stereocenters. The van der Waals surface area contributed by atoms with Crippen LogP contribution in [0.25, 0.3) is 0 Å². The van der Waals surface area contributed by atoms with E-state index in [2.05, 4.69) is 18.2 Å². The molecule has 0 bridgehead atoms. The highest BCUT2D eigenvalue weighted by Gasteiger charge is 2.31. The number of ether oxygens (including phenoxy) is 4. The standard InChI is InChI=1S/C33H28N2O5/c1-3-37-26-6-4-5-24(17-26)33(36)39-27-15-16-28-30(18-27)40-32(35)29(19-34)31(28)23-11-13-25(14-12-23)38-20-22-9-7-21(2)8-10-22/h4-18,31H,3,20,35H2,1-2H3. The summed E-state index contributed by atoms with van der Waals surface area (Å²) in [6.45, 7) is 4.86. The molecule has 4 aromatic carbocycles. The van der Waals surface area contributed by atoms with Crippen molar-refractivity contribution in [2.75, 3.05) is 6.61 Å². The van der Waals surface area contributed by atoms with Crippen LogP contribution in [0.4, 0.5) is 0 Å². The van der Waals surface area contributed by atoms with Crippen LogP contribution in [-0.4, -0.2) is 12.6 Å². The van der Waals surface area contributed by atoms with Gasteiger partial charge in [-0.3, -0.25) is 0 Å². The molecule has 5 rings (SSSR count). The zero-order chi connectivity index (χ0) is 28.1. The Hall–Kier alpha value is -5.22. The number of esters is 1. The molecule has 7 heteroatoms. The molecule has 2 N–H and O–H groups in total. The minimum absolute atomic E-state index is 0.00703. The number of aryl methyl sites for hydroxylation is 1. The lowest BCUT2D eigenvalue weighted by Gasteiger charge is -2.26. The van der Waals surface area contributed by atoms with Crippen LogP contribution in [0.2, 0.25) is 0 Å². The second kappa shape index (κ2) is 11.7. The van der Waals surface area contributed by atoms with Crippen LogP contribution in [0.5, 0.6) is 23.0 Å². The number of nitriles is 1. The van der Waals surface area contributed by atoms with Crippen LogP contribution in [0, 0.1) is 18.3 Å². The van der Waals surface area contributed by atoms with Gasteiger partial charge in [-0.05, 0) is 61.4 Å². The van der Waals surface area contributed by atoms with Gasteiger partial charge in [0, 0.05) is 11.6 Å². The summed E-state index contributed by atoms with van der Waals surface area (Å²) in [5.41, 5.74) is 10.7. The minimum Gasteiger partial charge on any atom is -0.494 e. The highest BCUT2D eigenvalue weighted by Crippen LogP contribution is 2.43. The van der Waals surface area contributed by atoms with Crippen LogP contribution in [0.3, 0.4) is 0 Å². The second-order valence-corrected chi connectivity index (χ2v) is 9.32. The molecule has 0 saturated carbocycles. The first kappa shape index (κ1) is 26.4. The number of hydrogen-bond acceptors (Lipinski definition) is 7. The van der Waals surface area contributed by atoms with Gasteiger partial charge in [0.15, 0.2) is 0 Å². The summed E-state index contributed by atoms with van der Waals surface area (Å²) in [6.07, 6.45) is 0. The molecule has 4 aromatic rings. The molecule has 0 aliphatic carbocycles. The number of fused-ring (bicyclic) bond motifs is 1. The SMILES string of the molecule is CCOc1cccc(C(=O)Oc2ccc3c(c2)OC(N)=C(C#N)C3c2ccc(OCc3ccc(C)cc3)cc2)c1. The molecule has 1 heterocycles. The fraction of sp³-hybridized carbons (Fsp3) is 0.152. The summed E-state index contributed by atoms with van der Waals surface area (Å²) in [4.78, 5) is 12.8. The second-order valence-electron chi connectivity index (χ2n) is 9.32. The topological polar surface area (TPSA) is 104 Å². The third-order valence-corrected chi connectivity index (χ3v) is 6.52. The zero-order valence-corrected chi connectivity index (χ0v) is 22.2. The first-order valence-electron chi connectivity index (χ1n) is 12.9. The molecule has 0 radical (unpaired) electrons. The lowest BCUT2D eigenvalue weighted by Crippen LogP contribution is -2.21. The van der Waals surface area contributed by atoms with Crippen LogP contribution < -0.4 is 24.7 Å². The van der Waals surface area contributed by atoms with Gasteiger partial charge in [0.2, 0.25) is 5.88 Å². The average molecular weight is 533 g/mol. The van der Waals surface area contributed by atoms with Gasteiger partial charge in [-0.1, -0.05) is 54.1 Å². The Morgan fingerprint density at radius 3 is 2.40 bits per heavy atom. The molecule has 0 spiro atoms. The van der Waals surface area contributed by atoms with E-state index in [0.29, 0.717) is 41.6 Å². The van der Waals surface area contributed by atoms with Gasteiger partial charge in [0.25, 0.3) is 0 Å². The number of rotatable bonds is 8. The van der Waals surface area contributed by atoms with Crippen molar-refractivity contribution in [3.63, 3.8) is 0 Å². The predicted molar refractivity (Wildman–Crippen MR) is 150 cm³/mol. The molecule has 0 amide bonds. The number of carbonyl (C=O) groups is 1. The summed E-state index contributed by atoms with van der Waals surface area (Å²) in [7, 11) is 0. The van der Waals surface area contributed by atoms with E-state index in [1.165, 1.54) is 5.56 Å². The molecular weight excluding hydrogens is 504 g/mol. The molecule has 1 aliphatic heterocycles. The quantitative estimate of drug-likeness (QED) is 0.207. The summed E-state index contributed by atoms with van der Waals surface area (Å²) >= 11 is 0. The zero-order valence-electron chi connectivity index (χ0n) is 22.2. The van der Waals surface area contributed by atoms with E-state index in [-0.39, 0.29) is 11.6 Å². The van der Waals surface area contributed by atoms with Crippen molar-refractivity contribution < 1.29 is 23.7 Å². The van der Waals surface area contributed by atoms with E-state index in [4.69, 9.17) is 24.7 Å². The Balaban J connectivity index is 1.36. The Labute approximate surface area is 233 Å². The summed E-state index contributed by atoms with van der Waals surface area (Å²) in [5.74, 6) is 1.02. The van der Waals surface area contributed by atoms with E-state index in [1.54, 1.807) is 42.5 Å². The van der Waals surface area contributed by atoms with E-state index >= 15 is 0 Å². The van der Waals surface area contributed by atoms with Gasteiger partial charge >= 0.3 is 5.97 Å². The van der Waals surface area contributed by atoms with Gasteiger partial charge in [-0.15, -0.1) is 0 Å². The molecule has 40 heavy (non-hydrogen) atoms. The van der Waals surface area contributed by atoms with Gasteiger partial charge in [0.05, 0.1) is 18.1 Å². The molecule has 1 unspecified atom stereocenters. The third kappa shape index (κ3) is 5.77. The van der Waals surface area contributed by atoms with E-state index < -0.39 is 11.9 Å². The van der Waals surface area contributed by atoms with Crippen LogP contribution in [0.1, 0.15) is 45.5 Å². The lowest BCUT2D eigenvalue weighted by molar-refractivity contribution is 0.0734. The van der Waals surface area contributed by atoms with E-state index in [0.717, 1.165) is 16.7 Å². The number of nitrogens with two attached hydrogens (primary N) is 1. The van der Waals surface area contributed by atoms with Crippen molar-refractivity contribution in [2.45, 2.75) is 26.4 Å². The molecule has 0 fully saturated rings. The van der Waals surface area contributed by atoms with Crippen molar-refractivity contribution in [2.24, 2.45) is 5.73 Å². The third-order valence-electron chi connectivity index (χ3n) is 6.52. The number of allylic oxidation sites excluding steroid dienone is 1. The number of carbonyl (C=O) groups excluding carboxylic acids is 1. The largest absolute Gasteiger partial charge is 0.494 e. The first-order chi connectivity index (χ1) is 19.4. The van der Waals surface area contributed by atoms with Crippen molar-refractivity contribution in [1.29, 1.82) is 5.26 Å². The number of hydrogen-bond donors (Lipinski definition) is 1. The maximum atomic E-state index is 12.8. The average Bonchev–Trinajstić information content (AvgIpc) is 2.97. The first-order valence-corrected chi connectivity index (χ1v) is 12.9. The predicted octanol–water partition coefficient (Wildman–Crippen LogP) is 6.41. The monoisotopic (exact) mass is 532 g/mol. The highest BCUT2D eigenvalue weighted by atomic mass is 16.5. The molecule has 0 saturated heterocycles. The van der Waals surface area contributed by atoms with Gasteiger partial charge in [0.1, 0.15) is 41.2 Å². The molecule has 200 valence electrons. The van der Waals surface area contributed by atoms with Crippen LogP contribution >= 0.6 is 0 Å². The summed E-state index contributed by atoms with van der Waals surface area (Å²) < 4.78 is 22.8.